The maximum absolute atomic E-state index is 12.6. The Balaban J connectivity index is 1.93. The van der Waals surface area contributed by atoms with Crippen LogP contribution in [0, 0.1) is 11.3 Å². The standard InChI is InChI=1S/C17H16ClN3OS/c18-11-7-5-10(6-8-11)15(22)16-14(20)13(9-19)17(23-16)21-12-3-1-2-4-12/h5-8,12,21H,1-4,20H2. The predicted octanol–water partition coefficient (Wildman–Crippen LogP) is 4.44. The Bertz CT molecular complexity index is 770. The third-order valence-corrected chi connectivity index (χ3v) is 5.45. The maximum Gasteiger partial charge on any atom is 0.205 e. The molecule has 1 aliphatic rings. The Kier molecular flexibility index (Phi) is 4.56. The van der Waals surface area contributed by atoms with Crippen molar-refractivity contribution in [2.75, 3.05) is 11.1 Å². The van der Waals surface area contributed by atoms with Crippen molar-refractivity contribution < 1.29 is 4.79 Å². The van der Waals surface area contributed by atoms with Crippen LogP contribution in [0.5, 0.6) is 0 Å². The van der Waals surface area contributed by atoms with Gasteiger partial charge in [-0.15, -0.1) is 11.3 Å². The zero-order valence-electron chi connectivity index (χ0n) is 12.4. The highest BCUT2D eigenvalue weighted by atomic mass is 35.5. The fraction of sp³-hybridized carbons (Fsp3) is 0.294. The number of nitrogen functional groups attached to an aromatic ring is 1. The van der Waals surface area contributed by atoms with Gasteiger partial charge in [0.25, 0.3) is 0 Å². The molecule has 0 unspecified atom stereocenters. The minimum Gasteiger partial charge on any atom is -0.396 e. The number of anilines is 2. The van der Waals surface area contributed by atoms with E-state index >= 15 is 0 Å². The number of hydrogen-bond donors (Lipinski definition) is 2. The molecular formula is C17H16ClN3OS. The Morgan fingerprint density at radius 3 is 2.57 bits per heavy atom. The average Bonchev–Trinajstić information content (AvgIpc) is 3.16. The minimum atomic E-state index is -0.180. The number of ketones is 1. The number of nitrogens with two attached hydrogens (primary N) is 1. The minimum absolute atomic E-state index is 0.180. The Morgan fingerprint density at radius 2 is 1.96 bits per heavy atom. The molecule has 6 heteroatoms. The number of nitrogens with one attached hydrogen (secondary N) is 1. The van der Waals surface area contributed by atoms with Crippen LogP contribution in [0.15, 0.2) is 24.3 Å². The van der Waals surface area contributed by atoms with Crippen molar-refractivity contribution >= 4 is 39.4 Å². The van der Waals surface area contributed by atoms with Crippen LogP contribution in [0.25, 0.3) is 0 Å². The second kappa shape index (κ2) is 6.61. The summed E-state index contributed by atoms with van der Waals surface area (Å²) in [6.45, 7) is 0. The molecule has 1 heterocycles. The molecule has 1 aliphatic carbocycles. The maximum atomic E-state index is 12.6. The monoisotopic (exact) mass is 345 g/mol. The van der Waals surface area contributed by atoms with Crippen molar-refractivity contribution in [3.8, 4) is 6.07 Å². The van der Waals surface area contributed by atoms with E-state index in [-0.39, 0.29) is 11.5 Å². The molecule has 1 aromatic heterocycles. The second-order valence-electron chi connectivity index (χ2n) is 5.62. The van der Waals surface area contributed by atoms with Gasteiger partial charge in [-0.2, -0.15) is 5.26 Å². The molecule has 3 rings (SSSR count). The molecule has 0 spiro atoms. The van der Waals surface area contributed by atoms with Gasteiger partial charge in [-0.05, 0) is 37.1 Å². The topological polar surface area (TPSA) is 78.9 Å². The number of nitrogens with zero attached hydrogens (tertiary/aromatic N) is 1. The number of hydrogen-bond acceptors (Lipinski definition) is 5. The molecule has 3 N–H and O–H groups in total. The summed E-state index contributed by atoms with van der Waals surface area (Å²) in [5, 5.41) is 14.0. The van der Waals surface area contributed by atoms with Gasteiger partial charge in [-0.25, -0.2) is 0 Å². The van der Waals surface area contributed by atoms with Gasteiger partial charge in [0, 0.05) is 16.6 Å². The third-order valence-electron chi connectivity index (χ3n) is 4.06. The first kappa shape index (κ1) is 15.9. The van der Waals surface area contributed by atoms with Crippen LogP contribution in [0.3, 0.4) is 0 Å². The summed E-state index contributed by atoms with van der Waals surface area (Å²) in [5.74, 6) is -0.180. The van der Waals surface area contributed by atoms with E-state index in [2.05, 4.69) is 11.4 Å². The molecule has 0 aliphatic heterocycles. The molecule has 0 radical (unpaired) electrons. The molecule has 0 atom stereocenters. The molecule has 23 heavy (non-hydrogen) atoms. The second-order valence-corrected chi connectivity index (χ2v) is 7.08. The van der Waals surface area contributed by atoms with E-state index in [1.54, 1.807) is 24.3 Å². The van der Waals surface area contributed by atoms with Gasteiger partial charge in [0.15, 0.2) is 0 Å². The van der Waals surface area contributed by atoms with Crippen molar-refractivity contribution in [1.29, 1.82) is 5.26 Å². The first-order valence-corrected chi connectivity index (χ1v) is 8.68. The molecule has 1 saturated carbocycles. The lowest BCUT2D eigenvalue weighted by molar-refractivity contribution is 0.104. The molecule has 4 nitrogen and oxygen atoms in total. The quantitative estimate of drug-likeness (QED) is 0.803. The van der Waals surface area contributed by atoms with Gasteiger partial charge in [-0.1, -0.05) is 24.4 Å². The van der Waals surface area contributed by atoms with E-state index in [0.29, 0.717) is 32.1 Å². The summed E-state index contributed by atoms with van der Waals surface area (Å²) in [6, 6.07) is 9.15. The highest BCUT2D eigenvalue weighted by Crippen LogP contribution is 2.38. The fourth-order valence-corrected chi connectivity index (χ4v) is 4.05. The van der Waals surface area contributed by atoms with Gasteiger partial charge < -0.3 is 11.1 Å². The summed E-state index contributed by atoms with van der Waals surface area (Å²) in [7, 11) is 0. The van der Waals surface area contributed by atoms with Crippen LogP contribution >= 0.6 is 22.9 Å². The number of carbonyl (C=O) groups excluding carboxylic acids is 1. The zero-order chi connectivity index (χ0) is 16.4. The molecule has 0 amide bonds. The van der Waals surface area contributed by atoms with Gasteiger partial charge in [0.1, 0.15) is 21.5 Å². The van der Waals surface area contributed by atoms with E-state index in [1.165, 1.54) is 24.2 Å². The van der Waals surface area contributed by atoms with Crippen LogP contribution in [0.1, 0.15) is 46.5 Å². The normalized spacial score (nSPS) is 14.6. The number of rotatable bonds is 4. The Labute approximate surface area is 143 Å². The number of nitriles is 1. The molecule has 1 aromatic carbocycles. The smallest absolute Gasteiger partial charge is 0.205 e. The molecule has 2 aromatic rings. The van der Waals surface area contributed by atoms with E-state index in [9.17, 15) is 10.1 Å². The van der Waals surface area contributed by atoms with Crippen molar-refractivity contribution in [2.45, 2.75) is 31.7 Å². The SMILES string of the molecule is N#Cc1c(NC2CCCC2)sc(C(=O)c2ccc(Cl)cc2)c1N. The summed E-state index contributed by atoms with van der Waals surface area (Å²) in [5.41, 5.74) is 7.21. The summed E-state index contributed by atoms with van der Waals surface area (Å²) in [4.78, 5) is 13.1. The van der Waals surface area contributed by atoms with E-state index in [1.807, 2.05) is 0 Å². The summed E-state index contributed by atoms with van der Waals surface area (Å²) < 4.78 is 0. The van der Waals surface area contributed by atoms with E-state index in [4.69, 9.17) is 17.3 Å². The average molecular weight is 346 g/mol. The Morgan fingerprint density at radius 1 is 1.30 bits per heavy atom. The predicted molar refractivity (Wildman–Crippen MR) is 94.2 cm³/mol. The lowest BCUT2D eigenvalue weighted by atomic mass is 10.1. The first-order valence-electron chi connectivity index (χ1n) is 7.49. The van der Waals surface area contributed by atoms with Gasteiger partial charge in [0.05, 0.1) is 5.69 Å². The highest BCUT2D eigenvalue weighted by Gasteiger charge is 2.24. The van der Waals surface area contributed by atoms with Crippen LogP contribution in [0.4, 0.5) is 10.7 Å². The van der Waals surface area contributed by atoms with Gasteiger partial charge in [0.2, 0.25) is 5.78 Å². The fourth-order valence-electron chi connectivity index (χ4n) is 2.81. The van der Waals surface area contributed by atoms with Crippen molar-refractivity contribution in [1.82, 2.24) is 0 Å². The number of carbonyl (C=O) groups is 1. The van der Waals surface area contributed by atoms with E-state index in [0.717, 1.165) is 12.8 Å². The van der Waals surface area contributed by atoms with Crippen LogP contribution in [-0.4, -0.2) is 11.8 Å². The van der Waals surface area contributed by atoms with Gasteiger partial charge in [-0.3, -0.25) is 4.79 Å². The molecule has 118 valence electrons. The van der Waals surface area contributed by atoms with Crippen LogP contribution < -0.4 is 11.1 Å². The van der Waals surface area contributed by atoms with E-state index < -0.39 is 0 Å². The molecule has 0 saturated heterocycles. The summed E-state index contributed by atoms with van der Waals surface area (Å²) in [6.07, 6.45) is 4.56. The highest BCUT2D eigenvalue weighted by molar-refractivity contribution is 7.19. The lowest BCUT2D eigenvalue weighted by Gasteiger charge is -2.11. The third kappa shape index (κ3) is 3.19. The van der Waals surface area contributed by atoms with Crippen LogP contribution in [-0.2, 0) is 0 Å². The molecule has 0 bridgehead atoms. The van der Waals surface area contributed by atoms with Crippen molar-refractivity contribution in [3.05, 3.63) is 45.3 Å². The number of thiophene rings is 1. The lowest BCUT2D eigenvalue weighted by Crippen LogP contribution is -2.14. The molecular weight excluding hydrogens is 330 g/mol. The first-order chi connectivity index (χ1) is 11.1. The number of halogens is 1. The van der Waals surface area contributed by atoms with Crippen LogP contribution in [0.2, 0.25) is 5.02 Å². The zero-order valence-corrected chi connectivity index (χ0v) is 14.0. The summed E-state index contributed by atoms with van der Waals surface area (Å²) >= 11 is 7.12. The number of benzene rings is 1. The molecule has 1 fully saturated rings. The largest absolute Gasteiger partial charge is 0.396 e. The van der Waals surface area contributed by atoms with Gasteiger partial charge >= 0.3 is 0 Å². The van der Waals surface area contributed by atoms with Crippen molar-refractivity contribution in [2.24, 2.45) is 0 Å². The van der Waals surface area contributed by atoms with Crippen molar-refractivity contribution in [3.63, 3.8) is 0 Å². The Hall–Kier alpha value is -2.03.